The molecule has 1 aromatic rings. The number of carboxylic acids is 1. The van der Waals surface area contributed by atoms with Crippen molar-refractivity contribution >= 4 is 23.5 Å². The first kappa shape index (κ1) is 12.3. The van der Waals surface area contributed by atoms with Crippen molar-refractivity contribution in [1.82, 2.24) is 0 Å². The molecule has 0 spiro atoms. The highest BCUT2D eigenvalue weighted by molar-refractivity contribution is 6.33. The van der Waals surface area contributed by atoms with E-state index in [1.54, 1.807) is 0 Å². The summed E-state index contributed by atoms with van der Waals surface area (Å²) >= 11 is 5.66. The molecule has 0 bridgehead atoms. The van der Waals surface area contributed by atoms with Gasteiger partial charge in [-0.2, -0.15) is 0 Å². The van der Waals surface area contributed by atoms with E-state index in [-0.39, 0.29) is 16.3 Å². The van der Waals surface area contributed by atoms with E-state index < -0.39 is 18.0 Å². The fraction of sp³-hybridized carbons (Fsp3) is 0.200. The van der Waals surface area contributed by atoms with Gasteiger partial charge >= 0.3 is 5.97 Å². The first-order valence-electron chi connectivity index (χ1n) is 4.40. The minimum Gasteiger partial charge on any atom is -0.481 e. The lowest BCUT2D eigenvalue weighted by Crippen LogP contribution is -2.30. The molecule has 0 aliphatic heterocycles. The SMILES string of the molecule is CC(Oc1ccc(Cl)c(C(=O)O)c1)C(N)=O. The number of hydrogen-bond acceptors (Lipinski definition) is 3. The summed E-state index contributed by atoms with van der Waals surface area (Å²) in [7, 11) is 0. The van der Waals surface area contributed by atoms with Crippen LogP contribution in [0.5, 0.6) is 5.75 Å². The van der Waals surface area contributed by atoms with Gasteiger partial charge in [-0.25, -0.2) is 4.79 Å². The number of ether oxygens (including phenoxy) is 1. The van der Waals surface area contributed by atoms with Gasteiger partial charge in [0.05, 0.1) is 10.6 Å². The number of carbonyl (C=O) groups is 2. The molecule has 0 aliphatic rings. The Kier molecular flexibility index (Phi) is 3.73. The average molecular weight is 244 g/mol. The van der Waals surface area contributed by atoms with Crippen LogP contribution in [0.4, 0.5) is 0 Å². The van der Waals surface area contributed by atoms with Crippen LogP contribution >= 0.6 is 11.6 Å². The third kappa shape index (κ3) is 2.87. The van der Waals surface area contributed by atoms with E-state index in [0.717, 1.165) is 0 Å². The molecule has 0 aromatic heterocycles. The highest BCUT2D eigenvalue weighted by atomic mass is 35.5. The molecule has 1 atom stereocenters. The van der Waals surface area contributed by atoms with Crippen molar-refractivity contribution in [2.45, 2.75) is 13.0 Å². The van der Waals surface area contributed by atoms with Gasteiger partial charge in [-0.05, 0) is 25.1 Å². The molecule has 0 saturated carbocycles. The van der Waals surface area contributed by atoms with Gasteiger partial charge in [-0.1, -0.05) is 11.6 Å². The summed E-state index contributed by atoms with van der Waals surface area (Å²) in [5, 5.41) is 8.91. The van der Waals surface area contributed by atoms with Crippen molar-refractivity contribution in [2.24, 2.45) is 5.73 Å². The van der Waals surface area contributed by atoms with Crippen LogP contribution in [0, 0.1) is 0 Å². The van der Waals surface area contributed by atoms with Gasteiger partial charge in [-0.15, -0.1) is 0 Å². The van der Waals surface area contributed by atoms with Crippen molar-refractivity contribution in [3.05, 3.63) is 28.8 Å². The Hall–Kier alpha value is -1.75. The highest BCUT2D eigenvalue weighted by Gasteiger charge is 2.14. The number of benzene rings is 1. The molecule has 1 unspecified atom stereocenters. The Bertz CT molecular complexity index is 433. The van der Waals surface area contributed by atoms with Crippen molar-refractivity contribution in [3.63, 3.8) is 0 Å². The van der Waals surface area contributed by atoms with Gasteiger partial charge in [0.15, 0.2) is 6.10 Å². The van der Waals surface area contributed by atoms with Crippen LogP contribution in [0.25, 0.3) is 0 Å². The molecule has 86 valence electrons. The lowest BCUT2D eigenvalue weighted by Gasteiger charge is -2.11. The highest BCUT2D eigenvalue weighted by Crippen LogP contribution is 2.22. The number of carbonyl (C=O) groups excluding carboxylic acids is 1. The van der Waals surface area contributed by atoms with Crippen LogP contribution in [-0.4, -0.2) is 23.1 Å². The lowest BCUT2D eigenvalue weighted by atomic mass is 10.2. The van der Waals surface area contributed by atoms with Crippen LogP contribution in [0.15, 0.2) is 18.2 Å². The van der Waals surface area contributed by atoms with E-state index in [1.807, 2.05) is 0 Å². The minimum absolute atomic E-state index is 0.0872. The summed E-state index contributed by atoms with van der Waals surface area (Å²) in [6.45, 7) is 1.47. The maximum absolute atomic E-state index is 10.8. The summed E-state index contributed by atoms with van der Waals surface area (Å²) < 4.78 is 5.13. The number of aromatic carboxylic acids is 1. The average Bonchev–Trinajstić information content (AvgIpc) is 2.20. The fourth-order valence-corrected chi connectivity index (χ4v) is 1.20. The molecule has 5 nitrogen and oxygen atoms in total. The van der Waals surface area contributed by atoms with E-state index in [1.165, 1.54) is 25.1 Å². The standard InChI is InChI=1S/C10H10ClNO4/c1-5(9(12)13)16-6-2-3-8(11)7(4-6)10(14)15/h2-5H,1H3,(H2,12,13)(H,14,15). The maximum atomic E-state index is 10.8. The topological polar surface area (TPSA) is 89.6 Å². The number of amides is 1. The molecule has 1 aromatic carbocycles. The maximum Gasteiger partial charge on any atom is 0.337 e. The second kappa shape index (κ2) is 4.85. The summed E-state index contributed by atoms with van der Waals surface area (Å²) in [6, 6.07) is 4.09. The van der Waals surface area contributed by atoms with Gasteiger partial charge in [0.25, 0.3) is 5.91 Å². The second-order valence-electron chi connectivity index (χ2n) is 3.11. The summed E-state index contributed by atoms with van der Waals surface area (Å²) in [4.78, 5) is 21.5. The van der Waals surface area contributed by atoms with Crippen LogP contribution in [-0.2, 0) is 4.79 Å². The molecule has 3 N–H and O–H groups in total. The second-order valence-corrected chi connectivity index (χ2v) is 3.52. The van der Waals surface area contributed by atoms with Gasteiger partial charge in [-0.3, -0.25) is 4.79 Å². The number of nitrogens with two attached hydrogens (primary N) is 1. The Balaban J connectivity index is 2.95. The van der Waals surface area contributed by atoms with Crippen LogP contribution in [0.1, 0.15) is 17.3 Å². The summed E-state index contributed by atoms with van der Waals surface area (Å²) in [5.41, 5.74) is 4.92. The van der Waals surface area contributed by atoms with Crippen LogP contribution < -0.4 is 10.5 Å². The van der Waals surface area contributed by atoms with E-state index in [9.17, 15) is 9.59 Å². The van der Waals surface area contributed by atoms with Gasteiger partial charge in [0.2, 0.25) is 0 Å². The molecule has 0 heterocycles. The summed E-state index contributed by atoms with van der Waals surface area (Å²) in [5.74, 6) is -1.57. The lowest BCUT2D eigenvalue weighted by molar-refractivity contribution is -0.123. The van der Waals surface area contributed by atoms with Gasteiger partial charge < -0.3 is 15.6 Å². The van der Waals surface area contributed by atoms with Crippen molar-refractivity contribution in [2.75, 3.05) is 0 Å². The van der Waals surface area contributed by atoms with Crippen molar-refractivity contribution < 1.29 is 19.4 Å². The number of hydrogen-bond donors (Lipinski definition) is 2. The largest absolute Gasteiger partial charge is 0.481 e. The quantitative estimate of drug-likeness (QED) is 0.834. The van der Waals surface area contributed by atoms with Gasteiger partial charge in [0, 0.05) is 0 Å². The van der Waals surface area contributed by atoms with E-state index in [0.29, 0.717) is 0 Å². The zero-order valence-corrected chi connectivity index (χ0v) is 9.19. The number of carboxylic acid groups (broad SMARTS) is 1. The van der Waals surface area contributed by atoms with Crippen molar-refractivity contribution in [1.29, 1.82) is 0 Å². The third-order valence-corrected chi connectivity index (χ3v) is 2.21. The first-order chi connectivity index (χ1) is 7.41. The Morgan fingerprint density at radius 2 is 2.12 bits per heavy atom. The molecule has 0 saturated heterocycles. The minimum atomic E-state index is -1.16. The van der Waals surface area contributed by atoms with E-state index in [2.05, 4.69) is 0 Å². The zero-order valence-electron chi connectivity index (χ0n) is 8.44. The third-order valence-electron chi connectivity index (χ3n) is 1.88. The molecule has 6 heteroatoms. The molecule has 1 amide bonds. The summed E-state index contributed by atoms with van der Waals surface area (Å²) in [6.07, 6.45) is -0.831. The molecular weight excluding hydrogens is 234 g/mol. The first-order valence-corrected chi connectivity index (χ1v) is 4.78. The molecular formula is C10H10ClNO4. The predicted molar refractivity (Wildman–Crippen MR) is 57.7 cm³/mol. The normalized spacial score (nSPS) is 11.9. The van der Waals surface area contributed by atoms with Crippen LogP contribution in [0.2, 0.25) is 5.02 Å². The molecule has 1 rings (SSSR count). The van der Waals surface area contributed by atoms with E-state index >= 15 is 0 Å². The molecule has 0 aliphatic carbocycles. The Morgan fingerprint density at radius 3 is 2.62 bits per heavy atom. The number of halogens is 1. The zero-order chi connectivity index (χ0) is 12.3. The Morgan fingerprint density at radius 1 is 1.50 bits per heavy atom. The van der Waals surface area contributed by atoms with Crippen molar-refractivity contribution in [3.8, 4) is 5.75 Å². The molecule has 0 fully saturated rings. The predicted octanol–water partition coefficient (Wildman–Crippen LogP) is 1.29. The monoisotopic (exact) mass is 243 g/mol. The fourth-order valence-electron chi connectivity index (χ4n) is 1.00. The smallest absolute Gasteiger partial charge is 0.337 e. The van der Waals surface area contributed by atoms with Gasteiger partial charge in [0.1, 0.15) is 5.75 Å². The number of rotatable bonds is 4. The molecule has 16 heavy (non-hydrogen) atoms. The van der Waals surface area contributed by atoms with E-state index in [4.69, 9.17) is 27.2 Å². The van der Waals surface area contributed by atoms with Crippen LogP contribution in [0.3, 0.4) is 0 Å². The molecule has 0 radical (unpaired) electrons. The number of primary amides is 1. The Labute approximate surface area is 96.8 Å².